The zero-order chi connectivity index (χ0) is 14.2. The average Bonchev–Trinajstić information content (AvgIpc) is 2.79. The van der Waals surface area contributed by atoms with Crippen LogP contribution in [0.25, 0.3) is 0 Å². The maximum Gasteiger partial charge on any atom is 0.273 e. The van der Waals surface area contributed by atoms with E-state index in [9.17, 15) is 4.79 Å². The van der Waals surface area contributed by atoms with E-state index in [1.165, 1.54) is 19.3 Å². The van der Waals surface area contributed by atoms with Crippen molar-refractivity contribution >= 4 is 5.91 Å². The molecule has 6 nitrogen and oxygen atoms in total. The van der Waals surface area contributed by atoms with Crippen LogP contribution in [-0.4, -0.2) is 40.0 Å². The van der Waals surface area contributed by atoms with E-state index < -0.39 is 0 Å². The van der Waals surface area contributed by atoms with Crippen LogP contribution in [0.15, 0.2) is 6.20 Å². The molecule has 1 aromatic rings. The molecule has 3 rings (SSSR count). The summed E-state index contributed by atoms with van der Waals surface area (Å²) in [5, 5.41) is 14.4. The van der Waals surface area contributed by atoms with Crippen molar-refractivity contribution in [2.24, 2.45) is 5.41 Å². The summed E-state index contributed by atoms with van der Waals surface area (Å²) in [7, 11) is 0. The molecule has 2 aliphatic rings. The Kier molecular flexibility index (Phi) is 3.50. The molecule has 1 saturated carbocycles. The summed E-state index contributed by atoms with van der Waals surface area (Å²) in [6, 6.07) is 0.578. The van der Waals surface area contributed by atoms with Crippen LogP contribution < -0.4 is 10.6 Å². The lowest BCUT2D eigenvalue weighted by Gasteiger charge is -2.38. The van der Waals surface area contributed by atoms with Gasteiger partial charge < -0.3 is 10.6 Å². The molecular formula is C14H23N5O. The first kappa shape index (κ1) is 13.5. The summed E-state index contributed by atoms with van der Waals surface area (Å²) in [5.41, 5.74) is 0.597. The van der Waals surface area contributed by atoms with E-state index in [0.717, 1.165) is 19.5 Å². The minimum atomic E-state index is -0.0940. The van der Waals surface area contributed by atoms with Gasteiger partial charge in [-0.15, -0.1) is 5.10 Å². The zero-order valence-corrected chi connectivity index (χ0v) is 12.2. The minimum absolute atomic E-state index is 0.0940. The first-order chi connectivity index (χ1) is 9.56. The van der Waals surface area contributed by atoms with Crippen molar-refractivity contribution in [2.45, 2.75) is 51.6 Å². The van der Waals surface area contributed by atoms with Gasteiger partial charge in [0.25, 0.3) is 5.91 Å². The fourth-order valence-corrected chi connectivity index (χ4v) is 3.01. The quantitative estimate of drug-likeness (QED) is 0.868. The molecule has 1 aromatic heterocycles. The highest BCUT2D eigenvalue weighted by molar-refractivity contribution is 5.92. The Labute approximate surface area is 119 Å². The highest BCUT2D eigenvalue weighted by Crippen LogP contribution is 2.35. The lowest BCUT2D eigenvalue weighted by Crippen LogP contribution is -2.47. The molecule has 1 amide bonds. The van der Waals surface area contributed by atoms with Gasteiger partial charge in [-0.25, -0.2) is 4.68 Å². The van der Waals surface area contributed by atoms with E-state index in [1.807, 2.05) is 0 Å². The molecule has 0 aromatic carbocycles. The van der Waals surface area contributed by atoms with Gasteiger partial charge >= 0.3 is 0 Å². The topological polar surface area (TPSA) is 71.8 Å². The Morgan fingerprint density at radius 1 is 1.45 bits per heavy atom. The Hall–Kier alpha value is -1.43. The van der Waals surface area contributed by atoms with Gasteiger partial charge in [0.2, 0.25) is 0 Å². The van der Waals surface area contributed by atoms with Crippen LogP contribution in [-0.2, 0) is 0 Å². The second kappa shape index (κ2) is 5.16. The lowest BCUT2D eigenvalue weighted by molar-refractivity contribution is 0.0848. The van der Waals surface area contributed by atoms with E-state index in [1.54, 1.807) is 10.9 Å². The van der Waals surface area contributed by atoms with Crippen LogP contribution in [0.2, 0.25) is 0 Å². The molecule has 0 spiro atoms. The second-order valence-corrected chi connectivity index (χ2v) is 6.66. The van der Waals surface area contributed by atoms with Crippen LogP contribution in [0.4, 0.5) is 0 Å². The number of rotatable bonds is 3. The maximum atomic E-state index is 12.3. The second-order valence-electron chi connectivity index (χ2n) is 6.66. The summed E-state index contributed by atoms with van der Waals surface area (Å²) in [6.45, 7) is 6.27. The fraction of sp³-hybridized carbons (Fsp3) is 0.786. The number of amides is 1. The maximum absolute atomic E-state index is 12.3. The molecule has 6 heteroatoms. The molecule has 0 bridgehead atoms. The Morgan fingerprint density at radius 2 is 2.25 bits per heavy atom. The third-order valence-corrected chi connectivity index (χ3v) is 4.69. The zero-order valence-electron chi connectivity index (χ0n) is 12.2. The molecule has 2 N–H and O–H groups in total. The summed E-state index contributed by atoms with van der Waals surface area (Å²) in [4.78, 5) is 12.3. The van der Waals surface area contributed by atoms with Crippen LogP contribution in [0.3, 0.4) is 0 Å². The molecule has 1 unspecified atom stereocenters. The van der Waals surface area contributed by atoms with Gasteiger partial charge in [0, 0.05) is 19.1 Å². The van der Waals surface area contributed by atoms with Crippen molar-refractivity contribution in [3.8, 4) is 0 Å². The van der Waals surface area contributed by atoms with Gasteiger partial charge in [-0.05, 0) is 18.3 Å². The van der Waals surface area contributed by atoms with Crippen molar-refractivity contribution in [2.75, 3.05) is 13.1 Å². The predicted octanol–water partition coefficient (Wildman–Crippen LogP) is 1.12. The third kappa shape index (κ3) is 2.57. The standard InChI is InChI=1S/C14H23N5O/c1-14(2)6-4-3-5-12(14)16-13(20)11-9-19(18-17-11)10-7-15-8-10/h9-10,12,15H,3-8H2,1-2H3,(H,16,20). The number of nitrogens with zero attached hydrogens (tertiary/aromatic N) is 3. The molecule has 1 atom stereocenters. The van der Waals surface area contributed by atoms with Crippen molar-refractivity contribution < 1.29 is 4.79 Å². The van der Waals surface area contributed by atoms with E-state index in [4.69, 9.17) is 0 Å². The van der Waals surface area contributed by atoms with Gasteiger partial charge in [-0.2, -0.15) is 0 Å². The van der Waals surface area contributed by atoms with Crippen molar-refractivity contribution in [1.29, 1.82) is 0 Å². The molecule has 2 heterocycles. The Morgan fingerprint density at radius 3 is 2.90 bits per heavy atom. The minimum Gasteiger partial charge on any atom is -0.347 e. The number of nitrogens with one attached hydrogen (secondary N) is 2. The average molecular weight is 277 g/mol. The van der Waals surface area contributed by atoms with E-state index in [2.05, 4.69) is 34.8 Å². The van der Waals surface area contributed by atoms with Crippen molar-refractivity contribution in [3.05, 3.63) is 11.9 Å². The Balaban J connectivity index is 1.64. The molecule has 2 fully saturated rings. The summed E-state index contributed by atoms with van der Waals surface area (Å²) < 4.78 is 1.79. The monoisotopic (exact) mass is 277 g/mol. The van der Waals surface area contributed by atoms with Gasteiger partial charge in [0.1, 0.15) is 0 Å². The molecule has 110 valence electrons. The molecule has 1 aliphatic heterocycles. The van der Waals surface area contributed by atoms with Crippen molar-refractivity contribution in [1.82, 2.24) is 25.6 Å². The smallest absolute Gasteiger partial charge is 0.273 e. The normalized spacial score (nSPS) is 26.0. The fourth-order valence-electron chi connectivity index (χ4n) is 3.01. The first-order valence-corrected chi connectivity index (χ1v) is 7.50. The van der Waals surface area contributed by atoms with Crippen molar-refractivity contribution in [3.63, 3.8) is 0 Å². The van der Waals surface area contributed by atoms with Crippen LogP contribution in [0, 0.1) is 5.41 Å². The third-order valence-electron chi connectivity index (χ3n) is 4.69. The molecule has 0 radical (unpaired) electrons. The van der Waals surface area contributed by atoms with E-state index >= 15 is 0 Å². The van der Waals surface area contributed by atoms with Crippen LogP contribution in [0.1, 0.15) is 56.1 Å². The number of carbonyl (C=O) groups excluding carboxylic acids is 1. The van der Waals surface area contributed by atoms with Gasteiger partial charge in [0.15, 0.2) is 5.69 Å². The molecule has 1 saturated heterocycles. The van der Waals surface area contributed by atoms with E-state index in [0.29, 0.717) is 11.7 Å². The molecule has 1 aliphatic carbocycles. The van der Waals surface area contributed by atoms with E-state index in [-0.39, 0.29) is 17.4 Å². The summed E-state index contributed by atoms with van der Waals surface area (Å²) in [6.07, 6.45) is 6.42. The van der Waals surface area contributed by atoms with Gasteiger partial charge in [-0.1, -0.05) is 31.9 Å². The number of carbonyl (C=O) groups is 1. The van der Waals surface area contributed by atoms with Crippen LogP contribution in [0.5, 0.6) is 0 Å². The first-order valence-electron chi connectivity index (χ1n) is 7.50. The summed E-state index contributed by atoms with van der Waals surface area (Å²) in [5.74, 6) is -0.0940. The molecule has 20 heavy (non-hydrogen) atoms. The van der Waals surface area contributed by atoms with Gasteiger partial charge in [0.05, 0.1) is 12.2 Å². The summed E-state index contributed by atoms with van der Waals surface area (Å²) >= 11 is 0. The Bertz CT molecular complexity index is 492. The SMILES string of the molecule is CC1(C)CCCCC1NC(=O)c1cn(C2CNC2)nn1. The highest BCUT2D eigenvalue weighted by Gasteiger charge is 2.34. The number of aromatic nitrogens is 3. The highest BCUT2D eigenvalue weighted by atomic mass is 16.2. The lowest BCUT2D eigenvalue weighted by atomic mass is 9.73. The molecular weight excluding hydrogens is 254 g/mol. The number of hydrogen-bond acceptors (Lipinski definition) is 4. The number of hydrogen-bond donors (Lipinski definition) is 2. The predicted molar refractivity (Wildman–Crippen MR) is 75.4 cm³/mol. The van der Waals surface area contributed by atoms with Gasteiger partial charge in [-0.3, -0.25) is 4.79 Å². The van der Waals surface area contributed by atoms with Crippen LogP contribution >= 0.6 is 0 Å². The largest absolute Gasteiger partial charge is 0.347 e.